The van der Waals surface area contributed by atoms with Crippen molar-refractivity contribution in [3.05, 3.63) is 23.8 Å². The summed E-state index contributed by atoms with van der Waals surface area (Å²) in [4.78, 5) is 22.0. The first-order valence-electron chi connectivity index (χ1n) is 5.88. The number of carboxylic acids is 2. The number of rotatable bonds is 5. The Balaban J connectivity index is 3.07. The SMILES string of the molecule is CCC[C@]1(C(=O)O)CCCC=C1C=CC(=O)O. The molecule has 1 aliphatic carbocycles. The fourth-order valence-electron chi connectivity index (χ4n) is 2.42. The quantitative estimate of drug-likeness (QED) is 0.722. The summed E-state index contributed by atoms with van der Waals surface area (Å²) in [6.07, 6.45) is 7.88. The summed E-state index contributed by atoms with van der Waals surface area (Å²) in [6.45, 7) is 1.94. The van der Waals surface area contributed by atoms with Gasteiger partial charge >= 0.3 is 11.9 Å². The van der Waals surface area contributed by atoms with E-state index in [1.54, 1.807) is 0 Å². The van der Waals surface area contributed by atoms with Gasteiger partial charge in [-0.3, -0.25) is 4.79 Å². The number of aliphatic carboxylic acids is 2. The maximum Gasteiger partial charge on any atom is 0.328 e. The number of carbonyl (C=O) groups is 2. The highest BCUT2D eigenvalue weighted by Gasteiger charge is 2.41. The molecule has 0 unspecified atom stereocenters. The smallest absolute Gasteiger partial charge is 0.328 e. The van der Waals surface area contributed by atoms with E-state index in [0.29, 0.717) is 18.4 Å². The Morgan fingerprint density at radius 1 is 1.47 bits per heavy atom. The van der Waals surface area contributed by atoms with E-state index in [1.807, 2.05) is 13.0 Å². The highest BCUT2D eigenvalue weighted by molar-refractivity contribution is 5.83. The summed E-state index contributed by atoms with van der Waals surface area (Å²) in [6, 6.07) is 0. The Bertz CT molecular complexity index is 368. The predicted octanol–water partition coefficient (Wildman–Crippen LogP) is 2.61. The van der Waals surface area contributed by atoms with E-state index in [4.69, 9.17) is 5.11 Å². The first kappa shape index (κ1) is 13.5. The predicted molar refractivity (Wildman–Crippen MR) is 63.7 cm³/mol. The highest BCUT2D eigenvalue weighted by Crippen LogP contribution is 2.42. The lowest BCUT2D eigenvalue weighted by atomic mass is 9.69. The van der Waals surface area contributed by atoms with E-state index in [2.05, 4.69) is 0 Å². The lowest BCUT2D eigenvalue weighted by molar-refractivity contribution is -0.147. The molecule has 0 heterocycles. The van der Waals surface area contributed by atoms with Gasteiger partial charge in [0, 0.05) is 6.08 Å². The molecule has 0 aromatic heterocycles. The van der Waals surface area contributed by atoms with Crippen molar-refractivity contribution >= 4 is 11.9 Å². The molecule has 17 heavy (non-hydrogen) atoms. The van der Waals surface area contributed by atoms with Crippen molar-refractivity contribution in [1.82, 2.24) is 0 Å². The molecule has 0 saturated heterocycles. The topological polar surface area (TPSA) is 74.6 Å². The summed E-state index contributed by atoms with van der Waals surface area (Å²) >= 11 is 0. The molecule has 4 nitrogen and oxygen atoms in total. The molecular formula is C13H18O4. The lowest BCUT2D eigenvalue weighted by Crippen LogP contribution is -2.34. The molecule has 0 radical (unpaired) electrons. The van der Waals surface area contributed by atoms with Gasteiger partial charge in [-0.2, -0.15) is 0 Å². The molecule has 0 amide bonds. The third-order valence-electron chi connectivity index (χ3n) is 3.22. The Labute approximate surface area is 101 Å². The van der Waals surface area contributed by atoms with E-state index in [1.165, 1.54) is 6.08 Å². The van der Waals surface area contributed by atoms with Crippen molar-refractivity contribution in [3.63, 3.8) is 0 Å². The Hall–Kier alpha value is -1.58. The van der Waals surface area contributed by atoms with Crippen LogP contribution in [0.25, 0.3) is 0 Å². The van der Waals surface area contributed by atoms with Crippen molar-refractivity contribution in [2.75, 3.05) is 0 Å². The number of allylic oxidation sites excluding steroid dienone is 2. The molecule has 1 atom stereocenters. The monoisotopic (exact) mass is 238 g/mol. The molecule has 0 aromatic carbocycles. The molecule has 0 aliphatic heterocycles. The van der Waals surface area contributed by atoms with E-state index in [-0.39, 0.29) is 0 Å². The summed E-state index contributed by atoms with van der Waals surface area (Å²) in [5, 5.41) is 18.1. The zero-order chi connectivity index (χ0) is 12.9. The van der Waals surface area contributed by atoms with Crippen molar-refractivity contribution in [2.45, 2.75) is 39.0 Å². The van der Waals surface area contributed by atoms with Crippen LogP contribution in [0.15, 0.2) is 23.8 Å². The number of hydrogen-bond donors (Lipinski definition) is 2. The van der Waals surface area contributed by atoms with Crippen LogP contribution >= 0.6 is 0 Å². The van der Waals surface area contributed by atoms with Crippen LogP contribution in [0.3, 0.4) is 0 Å². The average molecular weight is 238 g/mol. The van der Waals surface area contributed by atoms with Gasteiger partial charge in [0.05, 0.1) is 5.41 Å². The number of hydrogen-bond acceptors (Lipinski definition) is 2. The minimum absolute atomic E-state index is 0.554. The molecule has 1 aliphatic rings. The summed E-state index contributed by atoms with van der Waals surface area (Å²) in [5.74, 6) is -1.90. The van der Waals surface area contributed by atoms with Gasteiger partial charge in [0.25, 0.3) is 0 Å². The second-order valence-electron chi connectivity index (χ2n) is 4.36. The van der Waals surface area contributed by atoms with Gasteiger partial charge in [-0.1, -0.05) is 25.5 Å². The van der Waals surface area contributed by atoms with Crippen LogP contribution in [-0.2, 0) is 9.59 Å². The van der Waals surface area contributed by atoms with Crippen LogP contribution in [0, 0.1) is 5.41 Å². The van der Waals surface area contributed by atoms with Gasteiger partial charge < -0.3 is 10.2 Å². The molecule has 1 rings (SSSR count). The second kappa shape index (κ2) is 5.66. The standard InChI is InChI=1S/C13H18O4/c1-2-8-13(12(16)17)9-4-3-5-10(13)6-7-11(14)15/h5-7H,2-4,8-9H2,1H3,(H,14,15)(H,16,17)/t13-/m0/s1. The molecule has 2 N–H and O–H groups in total. The first-order valence-corrected chi connectivity index (χ1v) is 5.88. The van der Waals surface area contributed by atoms with Crippen LogP contribution in [0.1, 0.15) is 39.0 Å². The molecule has 4 heteroatoms. The van der Waals surface area contributed by atoms with Crippen LogP contribution < -0.4 is 0 Å². The van der Waals surface area contributed by atoms with Crippen molar-refractivity contribution < 1.29 is 19.8 Å². The van der Waals surface area contributed by atoms with Crippen LogP contribution in [0.5, 0.6) is 0 Å². The largest absolute Gasteiger partial charge is 0.481 e. The molecular weight excluding hydrogens is 220 g/mol. The zero-order valence-electron chi connectivity index (χ0n) is 9.98. The van der Waals surface area contributed by atoms with Crippen molar-refractivity contribution in [1.29, 1.82) is 0 Å². The van der Waals surface area contributed by atoms with Gasteiger partial charge in [0.1, 0.15) is 0 Å². The minimum atomic E-state index is -1.05. The van der Waals surface area contributed by atoms with Gasteiger partial charge in [-0.05, 0) is 31.3 Å². The molecule has 0 spiro atoms. The molecule has 0 aromatic rings. The minimum Gasteiger partial charge on any atom is -0.481 e. The van der Waals surface area contributed by atoms with E-state index < -0.39 is 17.4 Å². The average Bonchev–Trinajstić information content (AvgIpc) is 2.27. The van der Waals surface area contributed by atoms with Crippen LogP contribution in [0.4, 0.5) is 0 Å². The van der Waals surface area contributed by atoms with E-state index in [9.17, 15) is 14.7 Å². The summed E-state index contributed by atoms with van der Waals surface area (Å²) in [5.41, 5.74) is -0.251. The normalized spacial score (nSPS) is 24.6. The van der Waals surface area contributed by atoms with Gasteiger partial charge in [0.2, 0.25) is 0 Å². The maximum absolute atomic E-state index is 11.5. The fraction of sp³-hybridized carbons (Fsp3) is 0.538. The molecule has 0 bridgehead atoms. The van der Waals surface area contributed by atoms with Gasteiger partial charge in [0.15, 0.2) is 0 Å². The third kappa shape index (κ3) is 2.96. The highest BCUT2D eigenvalue weighted by atomic mass is 16.4. The van der Waals surface area contributed by atoms with Crippen molar-refractivity contribution in [2.24, 2.45) is 5.41 Å². The molecule has 94 valence electrons. The first-order chi connectivity index (χ1) is 8.03. The zero-order valence-corrected chi connectivity index (χ0v) is 9.98. The van der Waals surface area contributed by atoms with Gasteiger partial charge in [-0.25, -0.2) is 4.79 Å². The van der Waals surface area contributed by atoms with Crippen molar-refractivity contribution in [3.8, 4) is 0 Å². The summed E-state index contributed by atoms with van der Waals surface area (Å²) < 4.78 is 0. The molecule has 0 fully saturated rings. The third-order valence-corrected chi connectivity index (χ3v) is 3.22. The van der Waals surface area contributed by atoms with E-state index >= 15 is 0 Å². The van der Waals surface area contributed by atoms with Crippen LogP contribution in [0.2, 0.25) is 0 Å². The molecule has 0 saturated carbocycles. The van der Waals surface area contributed by atoms with E-state index in [0.717, 1.165) is 25.3 Å². The Morgan fingerprint density at radius 3 is 2.71 bits per heavy atom. The Kier molecular flexibility index (Phi) is 4.49. The maximum atomic E-state index is 11.5. The van der Waals surface area contributed by atoms with Crippen LogP contribution in [-0.4, -0.2) is 22.2 Å². The second-order valence-corrected chi connectivity index (χ2v) is 4.36. The lowest BCUT2D eigenvalue weighted by Gasteiger charge is -2.33. The van der Waals surface area contributed by atoms with Gasteiger partial charge in [-0.15, -0.1) is 0 Å². The fourth-order valence-corrected chi connectivity index (χ4v) is 2.42. The Morgan fingerprint density at radius 2 is 2.18 bits per heavy atom. The summed E-state index contributed by atoms with van der Waals surface area (Å²) in [7, 11) is 0. The number of carboxylic acid groups (broad SMARTS) is 2.